The third-order valence-electron chi connectivity index (χ3n) is 2.83. The molecule has 0 radical (unpaired) electrons. The van der Waals surface area contributed by atoms with Gasteiger partial charge in [0.15, 0.2) is 11.5 Å². The number of nitrogens with zero attached hydrogens (tertiary/aromatic N) is 1. The highest BCUT2D eigenvalue weighted by Crippen LogP contribution is 2.31. The standard InChI is InChI=1S/C14H19NO5/c1-19-13-8-7-12(15(17)18)11-14(13)20-10-6-4-2-3-5-9-16/h7-9,11H,2-6,10H2,1H3. The summed E-state index contributed by atoms with van der Waals surface area (Å²) in [6.07, 6.45) is 5.19. The Kier molecular flexibility index (Phi) is 7.10. The summed E-state index contributed by atoms with van der Waals surface area (Å²) in [6.45, 7) is 0.471. The minimum atomic E-state index is -0.467. The van der Waals surface area contributed by atoms with Crippen LogP contribution in [0.2, 0.25) is 0 Å². The molecule has 1 rings (SSSR count). The van der Waals surface area contributed by atoms with Crippen molar-refractivity contribution in [3.8, 4) is 11.5 Å². The summed E-state index contributed by atoms with van der Waals surface area (Å²) in [5.41, 5.74) is -0.0215. The Morgan fingerprint density at radius 1 is 1.20 bits per heavy atom. The number of ether oxygens (including phenoxy) is 2. The Labute approximate surface area is 117 Å². The van der Waals surface area contributed by atoms with Crippen LogP contribution in [-0.4, -0.2) is 24.9 Å². The maximum Gasteiger partial charge on any atom is 0.273 e. The molecule has 0 amide bonds. The summed E-state index contributed by atoms with van der Waals surface area (Å²) >= 11 is 0. The van der Waals surface area contributed by atoms with E-state index in [-0.39, 0.29) is 5.69 Å². The number of methoxy groups -OCH3 is 1. The van der Waals surface area contributed by atoms with Crippen molar-refractivity contribution >= 4 is 12.0 Å². The second-order valence-electron chi connectivity index (χ2n) is 4.31. The van der Waals surface area contributed by atoms with Gasteiger partial charge in [-0.3, -0.25) is 10.1 Å². The molecule has 0 aliphatic rings. The Morgan fingerprint density at radius 3 is 2.60 bits per heavy atom. The maximum atomic E-state index is 10.7. The molecule has 0 aromatic heterocycles. The molecule has 0 spiro atoms. The molecule has 1 aromatic carbocycles. The van der Waals surface area contributed by atoms with Gasteiger partial charge in [0.25, 0.3) is 5.69 Å². The third kappa shape index (κ3) is 5.26. The number of aldehydes is 1. The van der Waals surface area contributed by atoms with Crippen molar-refractivity contribution in [2.24, 2.45) is 0 Å². The molecule has 0 bridgehead atoms. The van der Waals surface area contributed by atoms with Gasteiger partial charge in [0.05, 0.1) is 24.7 Å². The van der Waals surface area contributed by atoms with E-state index in [0.717, 1.165) is 32.0 Å². The lowest BCUT2D eigenvalue weighted by Gasteiger charge is -2.10. The van der Waals surface area contributed by atoms with Gasteiger partial charge in [0, 0.05) is 12.5 Å². The van der Waals surface area contributed by atoms with Crippen molar-refractivity contribution in [1.82, 2.24) is 0 Å². The number of unbranched alkanes of at least 4 members (excludes halogenated alkanes) is 4. The highest BCUT2D eigenvalue weighted by atomic mass is 16.6. The first-order chi connectivity index (χ1) is 9.69. The summed E-state index contributed by atoms with van der Waals surface area (Å²) < 4.78 is 10.6. The molecule has 0 aliphatic carbocycles. The van der Waals surface area contributed by atoms with Gasteiger partial charge in [-0.15, -0.1) is 0 Å². The van der Waals surface area contributed by atoms with Crippen LogP contribution in [0.25, 0.3) is 0 Å². The zero-order valence-corrected chi connectivity index (χ0v) is 11.5. The van der Waals surface area contributed by atoms with E-state index in [1.165, 1.54) is 25.3 Å². The lowest BCUT2D eigenvalue weighted by molar-refractivity contribution is -0.385. The molecule has 0 unspecified atom stereocenters. The first-order valence-corrected chi connectivity index (χ1v) is 6.58. The predicted molar refractivity (Wildman–Crippen MR) is 74.3 cm³/mol. The number of benzene rings is 1. The zero-order valence-electron chi connectivity index (χ0n) is 11.5. The smallest absolute Gasteiger partial charge is 0.273 e. The molecule has 0 fully saturated rings. The molecule has 0 atom stereocenters. The molecule has 0 heterocycles. The maximum absolute atomic E-state index is 10.7. The number of hydrogen-bond donors (Lipinski definition) is 0. The molecule has 0 N–H and O–H groups in total. The van der Waals surface area contributed by atoms with Gasteiger partial charge in [0.2, 0.25) is 0 Å². The van der Waals surface area contributed by atoms with Crippen LogP contribution in [0, 0.1) is 10.1 Å². The molecule has 0 saturated heterocycles. The van der Waals surface area contributed by atoms with Crippen LogP contribution in [0.1, 0.15) is 32.1 Å². The number of non-ortho nitro benzene ring substituents is 1. The summed E-state index contributed by atoms with van der Waals surface area (Å²) in [6, 6.07) is 4.27. The van der Waals surface area contributed by atoms with E-state index in [2.05, 4.69) is 0 Å². The lowest BCUT2D eigenvalue weighted by atomic mass is 10.2. The molecule has 20 heavy (non-hydrogen) atoms. The van der Waals surface area contributed by atoms with E-state index in [9.17, 15) is 14.9 Å². The van der Waals surface area contributed by atoms with Crippen molar-refractivity contribution in [2.75, 3.05) is 13.7 Å². The minimum Gasteiger partial charge on any atom is -0.493 e. The Bertz CT molecular complexity index is 447. The van der Waals surface area contributed by atoms with Gasteiger partial charge in [0.1, 0.15) is 6.29 Å². The zero-order chi connectivity index (χ0) is 14.8. The fourth-order valence-electron chi connectivity index (χ4n) is 1.76. The summed E-state index contributed by atoms with van der Waals surface area (Å²) in [7, 11) is 1.49. The molecule has 6 nitrogen and oxygen atoms in total. The number of rotatable bonds is 10. The van der Waals surface area contributed by atoms with Gasteiger partial charge in [-0.05, 0) is 18.9 Å². The average molecular weight is 281 g/mol. The molecular weight excluding hydrogens is 262 g/mol. The van der Waals surface area contributed by atoms with E-state index in [4.69, 9.17) is 9.47 Å². The summed E-state index contributed by atoms with van der Waals surface area (Å²) in [4.78, 5) is 20.4. The molecular formula is C14H19NO5. The second-order valence-corrected chi connectivity index (χ2v) is 4.31. The first-order valence-electron chi connectivity index (χ1n) is 6.58. The van der Waals surface area contributed by atoms with Crippen LogP contribution in [0.3, 0.4) is 0 Å². The predicted octanol–water partition coefficient (Wildman–Crippen LogP) is 3.13. The summed E-state index contributed by atoms with van der Waals surface area (Å²) in [5, 5.41) is 10.7. The molecule has 0 aliphatic heterocycles. The SMILES string of the molecule is COc1ccc([N+](=O)[O-])cc1OCCCCCCC=O. The van der Waals surface area contributed by atoms with E-state index < -0.39 is 4.92 Å². The number of carbonyl (C=O) groups is 1. The van der Waals surface area contributed by atoms with Gasteiger partial charge in [-0.25, -0.2) is 0 Å². The van der Waals surface area contributed by atoms with Gasteiger partial charge in [-0.1, -0.05) is 12.8 Å². The van der Waals surface area contributed by atoms with Crippen molar-refractivity contribution in [3.63, 3.8) is 0 Å². The quantitative estimate of drug-likeness (QED) is 0.285. The number of nitro groups is 1. The molecule has 110 valence electrons. The fraction of sp³-hybridized carbons (Fsp3) is 0.500. The van der Waals surface area contributed by atoms with E-state index in [0.29, 0.717) is 24.5 Å². The van der Waals surface area contributed by atoms with Crippen LogP contribution >= 0.6 is 0 Å². The molecule has 0 saturated carbocycles. The Balaban J connectivity index is 2.43. The second kappa shape index (κ2) is 8.90. The largest absolute Gasteiger partial charge is 0.493 e. The normalized spacial score (nSPS) is 10.1. The van der Waals surface area contributed by atoms with Crippen LogP contribution in [0.15, 0.2) is 18.2 Å². The van der Waals surface area contributed by atoms with Crippen LogP contribution in [0.4, 0.5) is 5.69 Å². The highest BCUT2D eigenvalue weighted by Gasteiger charge is 2.12. The van der Waals surface area contributed by atoms with E-state index >= 15 is 0 Å². The molecule has 6 heteroatoms. The van der Waals surface area contributed by atoms with Crippen molar-refractivity contribution in [2.45, 2.75) is 32.1 Å². The highest BCUT2D eigenvalue weighted by molar-refractivity contribution is 5.49. The summed E-state index contributed by atoms with van der Waals surface area (Å²) in [5.74, 6) is 0.867. The number of hydrogen-bond acceptors (Lipinski definition) is 5. The first kappa shape index (κ1) is 15.9. The third-order valence-corrected chi connectivity index (χ3v) is 2.83. The van der Waals surface area contributed by atoms with Crippen LogP contribution < -0.4 is 9.47 Å². The molecule has 1 aromatic rings. The average Bonchev–Trinajstić information content (AvgIpc) is 2.46. The van der Waals surface area contributed by atoms with Crippen molar-refractivity contribution in [1.29, 1.82) is 0 Å². The lowest BCUT2D eigenvalue weighted by Crippen LogP contribution is -2.00. The van der Waals surface area contributed by atoms with Gasteiger partial charge >= 0.3 is 0 Å². The van der Waals surface area contributed by atoms with Crippen LogP contribution in [0.5, 0.6) is 11.5 Å². The number of carbonyl (C=O) groups excluding carboxylic acids is 1. The Morgan fingerprint density at radius 2 is 1.95 bits per heavy atom. The monoisotopic (exact) mass is 281 g/mol. The van der Waals surface area contributed by atoms with Gasteiger partial charge < -0.3 is 14.3 Å². The van der Waals surface area contributed by atoms with Crippen molar-refractivity contribution < 1.29 is 19.2 Å². The van der Waals surface area contributed by atoms with E-state index in [1.807, 2.05) is 0 Å². The van der Waals surface area contributed by atoms with Gasteiger partial charge in [-0.2, -0.15) is 0 Å². The van der Waals surface area contributed by atoms with Crippen LogP contribution in [-0.2, 0) is 4.79 Å². The minimum absolute atomic E-state index is 0.0215. The topological polar surface area (TPSA) is 78.7 Å². The Hall–Kier alpha value is -2.11. The fourth-order valence-corrected chi connectivity index (χ4v) is 1.76. The van der Waals surface area contributed by atoms with E-state index in [1.54, 1.807) is 0 Å². The number of nitro benzene ring substituents is 1. The van der Waals surface area contributed by atoms with Crippen molar-refractivity contribution in [3.05, 3.63) is 28.3 Å².